The van der Waals surface area contributed by atoms with Crippen molar-refractivity contribution < 1.29 is 37.6 Å². The summed E-state index contributed by atoms with van der Waals surface area (Å²) >= 11 is 0. The molecule has 2 atom stereocenters. The second kappa shape index (κ2) is 59.1. The number of unbranched alkanes of at least 4 members (excludes halogenated alkanes) is 16. The molecular formula is C65H106NO8P. The molecule has 0 aliphatic rings. The Labute approximate surface area is 458 Å². The van der Waals surface area contributed by atoms with E-state index in [4.69, 9.17) is 24.3 Å². The first-order chi connectivity index (χ1) is 36.8. The lowest BCUT2D eigenvalue weighted by Crippen LogP contribution is -2.29. The van der Waals surface area contributed by atoms with Crippen LogP contribution in [0.3, 0.4) is 0 Å². The van der Waals surface area contributed by atoms with Crippen LogP contribution in [0, 0.1) is 0 Å². The van der Waals surface area contributed by atoms with Gasteiger partial charge in [0.15, 0.2) is 6.10 Å². The maximum Gasteiger partial charge on any atom is 0.472 e. The fourth-order valence-corrected chi connectivity index (χ4v) is 8.16. The molecule has 0 amide bonds. The minimum Gasteiger partial charge on any atom is -0.462 e. The van der Waals surface area contributed by atoms with E-state index < -0.39 is 32.5 Å². The Bertz CT molecular complexity index is 1730. The maximum absolute atomic E-state index is 12.7. The Kier molecular flexibility index (Phi) is 55.9. The van der Waals surface area contributed by atoms with Crippen LogP contribution in [0.4, 0.5) is 0 Å². The third-order valence-electron chi connectivity index (χ3n) is 11.7. The number of carbonyl (C=O) groups excluding carboxylic acids is 2. The zero-order chi connectivity index (χ0) is 54.5. The van der Waals surface area contributed by atoms with Gasteiger partial charge in [0, 0.05) is 19.4 Å². The fourth-order valence-electron chi connectivity index (χ4n) is 7.40. The second-order valence-electron chi connectivity index (χ2n) is 18.8. The average Bonchev–Trinajstić information content (AvgIpc) is 3.40. The van der Waals surface area contributed by atoms with Crippen molar-refractivity contribution in [2.45, 2.75) is 225 Å². The summed E-state index contributed by atoms with van der Waals surface area (Å²) in [4.78, 5) is 35.1. The van der Waals surface area contributed by atoms with Gasteiger partial charge in [-0.25, -0.2) is 4.57 Å². The molecule has 0 aliphatic heterocycles. The van der Waals surface area contributed by atoms with Crippen LogP contribution in [-0.2, 0) is 32.7 Å². The Morgan fingerprint density at radius 3 is 1.09 bits per heavy atom. The Hall–Kier alpha value is -4.11. The predicted octanol–water partition coefficient (Wildman–Crippen LogP) is 18.7. The molecule has 0 aromatic rings. The molecule has 9 nitrogen and oxygen atoms in total. The number of rotatable bonds is 53. The van der Waals surface area contributed by atoms with Gasteiger partial charge in [0.25, 0.3) is 0 Å². The van der Waals surface area contributed by atoms with Gasteiger partial charge in [-0.1, -0.05) is 230 Å². The van der Waals surface area contributed by atoms with Gasteiger partial charge in [0.05, 0.1) is 13.2 Å². The normalized spacial score (nSPS) is 14.1. The van der Waals surface area contributed by atoms with Crippen LogP contribution in [0.25, 0.3) is 0 Å². The van der Waals surface area contributed by atoms with Gasteiger partial charge in [-0.3, -0.25) is 18.6 Å². The number of esters is 2. The summed E-state index contributed by atoms with van der Waals surface area (Å²) < 4.78 is 33.0. The van der Waals surface area contributed by atoms with E-state index in [0.29, 0.717) is 12.8 Å². The van der Waals surface area contributed by atoms with Crippen LogP contribution in [-0.4, -0.2) is 49.3 Å². The molecule has 10 heteroatoms. The lowest BCUT2D eigenvalue weighted by Gasteiger charge is -2.19. The molecule has 0 saturated carbocycles. The van der Waals surface area contributed by atoms with Gasteiger partial charge in [0.1, 0.15) is 6.61 Å². The molecule has 75 heavy (non-hydrogen) atoms. The van der Waals surface area contributed by atoms with Crippen LogP contribution >= 0.6 is 7.82 Å². The molecule has 0 spiro atoms. The molecule has 3 N–H and O–H groups in total. The van der Waals surface area contributed by atoms with Crippen LogP contribution in [0.2, 0.25) is 0 Å². The van der Waals surface area contributed by atoms with E-state index >= 15 is 0 Å². The molecule has 0 bridgehead atoms. The van der Waals surface area contributed by atoms with E-state index in [0.717, 1.165) is 135 Å². The van der Waals surface area contributed by atoms with Gasteiger partial charge in [0.2, 0.25) is 0 Å². The molecule has 0 radical (unpaired) electrons. The zero-order valence-electron chi connectivity index (χ0n) is 47.2. The lowest BCUT2D eigenvalue weighted by atomic mass is 10.1. The fraction of sp³-hybridized carbons (Fsp3) is 0.600. The van der Waals surface area contributed by atoms with Crippen LogP contribution in [0.15, 0.2) is 146 Å². The molecule has 0 aromatic heterocycles. The third-order valence-corrected chi connectivity index (χ3v) is 12.7. The molecule has 0 rings (SSSR count). The van der Waals surface area contributed by atoms with Crippen molar-refractivity contribution in [3.8, 4) is 0 Å². The smallest absolute Gasteiger partial charge is 0.462 e. The number of ether oxygens (including phenoxy) is 2. The number of phosphoric acid groups is 1. The third kappa shape index (κ3) is 59.0. The number of allylic oxidation sites excluding steroid dienone is 24. The highest BCUT2D eigenvalue weighted by Gasteiger charge is 2.26. The first-order valence-electron chi connectivity index (χ1n) is 29.3. The number of phosphoric ester groups is 1. The van der Waals surface area contributed by atoms with E-state index in [1.165, 1.54) is 44.9 Å². The zero-order valence-corrected chi connectivity index (χ0v) is 48.1. The predicted molar refractivity (Wildman–Crippen MR) is 320 cm³/mol. The van der Waals surface area contributed by atoms with E-state index in [-0.39, 0.29) is 32.6 Å². The van der Waals surface area contributed by atoms with Crippen LogP contribution in [0.5, 0.6) is 0 Å². The quantitative estimate of drug-likeness (QED) is 0.0264. The maximum atomic E-state index is 12.7. The van der Waals surface area contributed by atoms with Crippen LogP contribution in [0.1, 0.15) is 219 Å². The Balaban J connectivity index is 4.06. The van der Waals surface area contributed by atoms with E-state index in [9.17, 15) is 19.0 Å². The van der Waals surface area contributed by atoms with Gasteiger partial charge in [-0.2, -0.15) is 0 Å². The first kappa shape index (κ1) is 70.9. The van der Waals surface area contributed by atoms with E-state index in [1.807, 2.05) is 0 Å². The summed E-state index contributed by atoms with van der Waals surface area (Å²) in [6, 6.07) is 0. The van der Waals surface area contributed by atoms with Crippen molar-refractivity contribution in [2.24, 2.45) is 5.73 Å². The van der Waals surface area contributed by atoms with Crippen LogP contribution < -0.4 is 5.73 Å². The monoisotopic (exact) mass is 1060 g/mol. The summed E-state index contributed by atoms with van der Waals surface area (Å²) in [7, 11) is -4.40. The Morgan fingerprint density at radius 1 is 0.413 bits per heavy atom. The average molecular weight is 1060 g/mol. The summed E-state index contributed by atoms with van der Waals surface area (Å²) in [5.41, 5.74) is 5.38. The topological polar surface area (TPSA) is 134 Å². The molecule has 424 valence electrons. The highest BCUT2D eigenvalue weighted by molar-refractivity contribution is 7.47. The highest BCUT2D eigenvalue weighted by Crippen LogP contribution is 2.43. The summed E-state index contributed by atoms with van der Waals surface area (Å²) in [5.74, 6) is -0.864. The summed E-state index contributed by atoms with van der Waals surface area (Å²) in [6.45, 7) is 3.56. The van der Waals surface area contributed by atoms with Crippen molar-refractivity contribution in [2.75, 3.05) is 26.4 Å². The molecule has 0 aromatic carbocycles. The number of hydrogen-bond acceptors (Lipinski definition) is 8. The van der Waals surface area contributed by atoms with Crippen molar-refractivity contribution >= 4 is 19.8 Å². The SMILES string of the molecule is CC/C=C\C/C=C\C/C=C\C/C=C\C/C=C\C/C=C\C/C=C\C/C=C\C/C=C\C/C=C\CCCCCCCCC(=O)OC(COC(=O)CCCCCCCCC/C=C\C/C=C\CCCCC)COP(=O)(O)OCCN. The summed E-state index contributed by atoms with van der Waals surface area (Å²) in [5, 5.41) is 0. The molecule has 0 saturated heterocycles. The molecular weight excluding hydrogens is 954 g/mol. The minimum absolute atomic E-state index is 0.0420. The van der Waals surface area contributed by atoms with Crippen molar-refractivity contribution in [3.63, 3.8) is 0 Å². The second-order valence-corrected chi connectivity index (χ2v) is 20.2. The number of carbonyl (C=O) groups is 2. The van der Waals surface area contributed by atoms with Gasteiger partial charge in [-0.15, -0.1) is 0 Å². The first-order valence-corrected chi connectivity index (χ1v) is 30.8. The minimum atomic E-state index is -4.40. The Morgan fingerprint density at radius 2 is 0.733 bits per heavy atom. The molecule has 0 aliphatic carbocycles. The number of nitrogens with two attached hydrogens (primary N) is 1. The van der Waals surface area contributed by atoms with E-state index in [1.54, 1.807) is 0 Å². The van der Waals surface area contributed by atoms with Crippen molar-refractivity contribution in [3.05, 3.63) is 146 Å². The largest absolute Gasteiger partial charge is 0.472 e. The van der Waals surface area contributed by atoms with E-state index in [2.05, 4.69) is 160 Å². The van der Waals surface area contributed by atoms with Gasteiger partial charge >= 0.3 is 19.8 Å². The van der Waals surface area contributed by atoms with Gasteiger partial charge in [-0.05, 0) is 122 Å². The van der Waals surface area contributed by atoms with Gasteiger partial charge < -0.3 is 20.1 Å². The van der Waals surface area contributed by atoms with Crippen molar-refractivity contribution in [1.82, 2.24) is 0 Å². The van der Waals surface area contributed by atoms with Crippen molar-refractivity contribution in [1.29, 1.82) is 0 Å². The summed E-state index contributed by atoms with van der Waals surface area (Å²) in [6.07, 6.45) is 84.7. The highest BCUT2D eigenvalue weighted by atomic mass is 31.2. The lowest BCUT2D eigenvalue weighted by molar-refractivity contribution is -0.161. The molecule has 0 heterocycles. The number of hydrogen-bond donors (Lipinski definition) is 2. The standard InChI is InChI=1S/C65H106NO8P/c1-3-5-7-9-11-13-15-17-19-21-22-23-24-25-26-27-28-29-30-31-32-33-34-35-36-37-38-39-40-42-44-46-48-50-52-54-56-58-65(68)74-63(62-73-75(69,70)72-60-59-66)61-71-64(67)57-55-53-51-49-47-45-43-41-20-18-16-14-12-10-8-6-4-2/h5,7,11-14,17-20,22-23,25-26,28-29,31-32,34-35,37-38,40,42,63H,3-4,6,8-10,15-16,21,24,27,30,33,36,39,41,43-62,66H2,1-2H3,(H,69,70)/b7-5-,13-11-,14-12-,19-17-,20-18-,23-22-,26-25-,29-28-,32-31-,35-34-,38-37-,42-40-. The molecule has 0 fully saturated rings. The molecule has 2 unspecified atom stereocenters.